The van der Waals surface area contributed by atoms with Crippen LogP contribution in [0.1, 0.15) is 18.4 Å². The minimum absolute atomic E-state index is 0.566. The van der Waals surface area contributed by atoms with Crippen LogP contribution in [0, 0.1) is 0 Å². The first-order valence-electron chi connectivity index (χ1n) is 5.59. The standard InChI is InChI=1S/C12H13N5/c13-17-16-5-2-1-3-10-7-15-9-11-8-14-6-4-12(10)11/h4,6-9H,1-3,5H2. The third kappa shape index (κ3) is 2.92. The molecule has 2 rings (SSSR count). The van der Waals surface area contributed by atoms with Gasteiger partial charge in [0.15, 0.2) is 0 Å². The van der Waals surface area contributed by atoms with Crippen LogP contribution in [0.5, 0.6) is 0 Å². The second kappa shape index (κ2) is 5.82. The summed E-state index contributed by atoms with van der Waals surface area (Å²) in [5.41, 5.74) is 9.39. The maximum absolute atomic E-state index is 8.17. The van der Waals surface area contributed by atoms with Crippen molar-refractivity contribution in [2.75, 3.05) is 6.54 Å². The van der Waals surface area contributed by atoms with Gasteiger partial charge < -0.3 is 0 Å². The molecular weight excluding hydrogens is 214 g/mol. The Morgan fingerprint density at radius 1 is 1.18 bits per heavy atom. The van der Waals surface area contributed by atoms with Crippen LogP contribution in [0.3, 0.4) is 0 Å². The van der Waals surface area contributed by atoms with Crippen molar-refractivity contribution in [3.8, 4) is 0 Å². The largest absolute Gasteiger partial charge is 0.264 e. The molecule has 0 N–H and O–H groups in total. The number of rotatable bonds is 5. The first-order valence-corrected chi connectivity index (χ1v) is 5.59. The van der Waals surface area contributed by atoms with E-state index in [-0.39, 0.29) is 0 Å². The molecule has 2 heterocycles. The Morgan fingerprint density at radius 3 is 2.94 bits per heavy atom. The van der Waals surface area contributed by atoms with Gasteiger partial charge in [-0.2, -0.15) is 0 Å². The van der Waals surface area contributed by atoms with Crippen molar-refractivity contribution in [2.24, 2.45) is 5.11 Å². The molecule has 0 radical (unpaired) electrons. The van der Waals surface area contributed by atoms with Crippen molar-refractivity contribution in [1.29, 1.82) is 0 Å². The van der Waals surface area contributed by atoms with E-state index in [1.807, 2.05) is 24.7 Å². The van der Waals surface area contributed by atoms with Crippen LogP contribution in [-0.4, -0.2) is 16.5 Å². The molecule has 17 heavy (non-hydrogen) atoms. The summed E-state index contributed by atoms with van der Waals surface area (Å²) in [6, 6.07) is 2.01. The van der Waals surface area contributed by atoms with E-state index < -0.39 is 0 Å². The maximum atomic E-state index is 8.17. The van der Waals surface area contributed by atoms with Crippen LogP contribution < -0.4 is 0 Å². The zero-order valence-corrected chi connectivity index (χ0v) is 9.45. The van der Waals surface area contributed by atoms with Crippen molar-refractivity contribution in [3.63, 3.8) is 0 Å². The average Bonchev–Trinajstić information content (AvgIpc) is 2.39. The third-order valence-electron chi connectivity index (χ3n) is 2.66. The highest BCUT2D eigenvalue weighted by Gasteiger charge is 2.00. The fraction of sp³-hybridized carbons (Fsp3) is 0.333. The highest BCUT2D eigenvalue weighted by molar-refractivity contribution is 5.83. The Morgan fingerprint density at radius 2 is 2.06 bits per heavy atom. The van der Waals surface area contributed by atoms with Crippen molar-refractivity contribution in [3.05, 3.63) is 46.9 Å². The van der Waals surface area contributed by atoms with Gasteiger partial charge in [0, 0.05) is 41.6 Å². The van der Waals surface area contributed by atoms with E-state index >= 15 is 0 Å². The smallest absolute Gasteiger partial charge is 0.0362 e. The van der Waals surface area contributed by atoms with Gasteiger partial charge in [-0.1, -0.05) is 5.11 Å². The summed E-state index contributed by atoms with van der Waals surface area (Å²) in [6.45, 7) is 0.566. The number of fused-ring (bicyclic) bond motifs is 1. The number of hydrogen-bond donors (Lipinski definition) is 0. The molecule has 0 fully saturated rings. The second-order valence-corrected chi connectivity index (χ2v) is 3.81. The van der Waals surface area contributed by atoms with E-state index in [0.717, 1.165) is 24.6 Å². The fourth-order valence-corrected chi connectivity index (χ4v) is 1.82. The number of pyridine rings is 2. The van der Waals surface area contributed by atoms with Crippen molar-refractivity contribution in [2.45, 2.75) is 19.3 Å². The number of azide groups is 1. The molecule has 0 saturated heterocycles. The van der Waals surface area contributed by atoms with Crippen LogP contribution in [-0.2, 0) is 6.42 Å². The van der Waals surface area contributed by atoms with Gasteiger partial charge in [0.25, 0.3) is 0 Å². The zero-order valence-electron chi connectivity index (χ0n) is 9.45. The molecule has 5 heteroatoms. The number of unbranched alkanes of at least 4 members (excludes halogenated alkanes) is 1. The quantitative estimate of drug-likeness (QED) is 0.340. The molecule has 0 aliphatic rings. The van der Waals surface area contributed by atoms with Gasteiger partial charge in [0.05, 0.1) is 0 Å². The molecule has 0 spiro atoms. The zero-order chi connectivity index (χ0) is 11.9. The summed E-state index contributed by atoms with van der Waals surface area (Å²) >= 11 is 0. The molecule has 5 nitrogen and oxygen atoms in total. The number of nitrogens with zero attached hydrogens (tertiary/aromatic N) is 5. The van der Waals surface area contributed by atoms with Crippen molar-refractivity contribution < 1.29 is 0 Å². The average molecular weight is 227 g/mol. The van der Waals surface area contributed by atoms with E-state index in [4.69, 9.17) is 5.53 Å². The minimum Gasteiger partial charge on any atom is -0.264 e. The predicted molar refractivity (Wildman–Crippen MR) is 66.5 cm³/mol. The lowest BCUT2D eigenvalue weighted by molar-refractivity contribution is 0.743. The van der Waals surface area contributed by atoms with E-state index in [1.165, 1.54) is 10.9 Å². The van der Waals surface area contributed by atoms with Crippen LogP contribution >= 0.6 is 0 Å². The monoisotopic (exact) mass is 227 g/mol. The minimum atomic E-state index is 0.566. The molecule has 0 atom stereocenters. The molecule has 0 aromatic carbocycles. The molecule has 86 valence electrons. The van der Waals surface area contributed by atoms with E-state index in [9.17, 15) is 0 Å². The Bertz CT molecular complexity index is 540. The van der Waals surface area contributed by atoms with Gasteiger partial charge in [-0.05, 0) is 41.8 Å². The molecule has 0 saturated carbocycles. The molecular formula is C12H13N5. The molecule has 0 unspecified atom stereocenters. The van der Waals surface area contributed by atoms with Gasteiger partial charge >= 0.3 is 0 Å². The molecule has 0 aliphatic heterocycles. The normalized spacial score (nSPS) is 10.1. The molecule has 2 aromatic heterocycles. The lowest BCUT2D eigenvalue weighted by atomic mass is 10.0. The molecule has 0 aliphatic carbocycles. The summed E-state index contributed by atoms with van der Waals surface area (Å²) in [7, 11) is 0. The SMILES string of the molecule is [N-]=[N+]=NCCCCc1cncc2cnccc12. The van der Waals surface area contributed by atoms with Gasteiger partial charge in [-0.15, -0.1) is 0 Å². The summed E-state index contributed by atoms with van der Waals surface area (Å²) in [5, 5.41) is 5.80. The van der Waals surface area contributed by atoms with Gasteiger partial charge in [-0.25, -0.2) is 0 Å². The van der Waals surface area contributed by atoms with Crippen LogP contribution in [0.25, 0.3) is 21.2 Å². The summed E-state index contributed by atoms with van der Waals surface area (Å²) in [4.78, 5) is 11.0. The van der Waals surface area contributed by atoms with E-state index in [1.54, 1.807) is 6.20 Å². The van der Waals surface area contributed by atoms with E-state index in [0.29, 0.717) is 6.54 Å². The number of hydrogen-bond acceptors (Lipinski definition) is 3. The second-order valence-electron chi connectivity index (χ2n) is 3.81. The Balaban J connectivity index is 2.05. The lowest BCUT2D eigenvalue weighted by Crippen LogP contribution is -1.91. The Labute approximate surface area is 99.1 Å². The van der Waals surface area contributed by atoms with Crippen molar-refractivity contribution >= 4 is 10.8 Å². The first kappa shape index (κ1) is 11.4. The highest BCUT2D eigenvalue weighted by atomic mass is 15.1. The molecule has 0 bridgehead atoms. The number of aromatic nitrogens is 2. The number of aryl methyl sites for hydroxylation is 1. The molecule has 2 aromatic rings. The first-order chi connectivity index (χ1) is 8.42. The lowest BCUT2D eigenvalue weighted by Gasteiger charge is -2.04. The van der Waals surface area contributed by atoms with Gasteiger partial charge in [0.1, 0.15) is 0 Å². The summed E-state index contributed by atoms with van der Waals surface area (Å²) in [5.74, 6) is 0. The fourth-order valence-electron chi connectivity index (χ4n) is 1.82. The van der Waals surface area contributed by atoms with Crippen molar-refractivity contribution in [1.82, 2.24) is 9.97 Å². The Hall–Kier alpha value is -2.13. The molecule has 0 amide bonds. The van der Waals surface area contributed by atoms with Gasteiger partial charge in [0.2, 0.25) is 0 Å². The topological polar surface area (TPSA) is 74.5 Å². The van der Waals surface area contributed by atoms with Crippen LogP contribution in [0.4, 0.5) is 0 Å². The predicted octanol–water partition coefficient (Wildman–Crippen LogP) is 3.26. The maximum Gasteiger partial charge on any atom is 0.0362 e. The highest BCUT2D eigenvalue weighted by Crippen LogP contribution is 2.17. The summed E-state index contributed by atoms with van der Waals surface area (Å²) < 4.78 is 0. The van der Waals surface area contributed by atoms with E-state index in [2.05, 4.69) is 20.0 Å². The summed E-state index contributed by atoms with van der Waals surface area (Å²) in [6.07, 6.45) is 10.2. The van der Waals surface area contributed by atoms with Crippen LogP contribution in [0.2, 0.25) is 0 Å². The third-order valence-corrected chi connectivity index (χ3v) is 2.66. The Kier molecular flexibility index (Phi) is 3.89. The van der Waals surface area contributed by atoms with Gasteiger partial charge in [-0.3, -0.25) is 9.97 Å². The van der Waals surface area contributed by atoms with Crippen LogP contribution in [0.15, 0.2) is 36.0 Å².